The van der Waals surface area contributed by atoms with E-state index in [0.29, 0.717) is 49.9 Å². The van der Waals surface area contributed by atoms with Gasteiger partial charge in [-0.2, -0.15) is 0 Å². The zero-order valence-corrected chi connectivity index (χ0v) is 27.3. The van der Waals surface area contributed by atoms with Crippen molar-refractivity contribution in [2.24, 2.45) is 5.92 Å². The summed E-state index contributed by atoms with van der Waals surface area (Å²) in [7, 11) is 2.87. The molecule has 1 fully saturated rings. The van der Waals surface area contributed by atoms with Crippen molar-refractivity contribution < 1.29 is 34.0 Å². The molecule has 1 aliphatic rings. The Hall–Kier alpha value is -2.62. The Morgan fingerprint density at radius 3 is 2.61 bits per heavy atom. The number of hydrogen-bond donors (Lipinski definition) is 2. The fraction of sp³-hybridized carbons (Fsp3) is 0.700. The van der Waals surface area contributed by atoms with Crippen LogP contribution in [0.2, 0.25) is 0 Å². The van der Waals surface area contributed by atoms with Gasteiger partial charge in [-0.05, 0) is 44.2 Å². The summed E-state index contributed by atoms with van der Waals surface area (Å²) < 4.78 is 18.3. The molecule has 1 aliphatic heterocycles. The smallest absolute Gasteiger partial charge is 0.248 e. The number of nitrogens with zero attached hydrogens (tertiary/aromatic N) is 6. The molecule has 2 aromatic heterocycles. The third-order valence-electron chi connectivity index (χ3n) is 7.54. The highest BCUT2D eigenvalue weighted by Gasteiger charge is 2.33. The summed E-state index contributed by atoms with van der Waals surface area (Å²) in [4.78, 5) is 34.8. The maximum absolute atomic E-state index is 14.0. The minimum atomic E-state index is -1.27. The summed E-state index contributed by atoms with van der Waals surface area (Å²) >= 11 is 1.34. The molecule has 2 aromatic rings. The summed E-state index contributed by atoms with van der Waals surface area (Å²) in [5, 5.41) is 30.7. The van der Waals surface area contributed by atoms with E-state index in [-0.39, 0.29) is 55.8 Å². The van der Waals surface area contributed by atoms with Gasteiger partial charge in [0.15, 0.2) is 11.0 Å². The van der Waals surface area contributed by atoms with E-state index in [1.807, 2.05) is 28.5 Å². The lowest BCUT2D eigenvalue weighted by Gasteiger charge is -2.38. The Balaban J connectivity index is 1.88. The Bertz CT molecular complexity index is 1150. The summed E-state index contributed by atoms with van der Waals surface area (Å²) in [6.07, 6.45) is 2.11. The predicted octanol–water partition coefficient (Wildman–Crippen LogP) is 1.72. The quantitative estimate of drug-likeness (QED) is 0.367. The number of hydrogen-bond acceptors (Lipinski definition) is 11. The molecular weight excluding hydrogens is 588 g/mol. The first-order valence-electron chi connectivity index (χ1n) is 15.2. The summed E-state index contributed by atoms with van der Waals surface area (Å²) in [5.74, 6) is 0.710. The van der Waals surface area contributed by atoms with E-state index in [1.54, 1.807) is 17.3 Å². The van der Waals surface area contributed by atoms with Gasteiger partial charge in [-0.3, -0.25) is 14.6 Å². The number of aliphatic hydroxyl groups is 2. The van der Waals surface area contributed by atoms with E-state index < -0.39 is 18.3 Å². The highest BCUT2D eigenvalue weighted by Crippen LogP contribution is 2.25. The SMILES string of the molecule is CCn1c(SCC(=O)N2CCCCOC[C@@H](O)[C@@H](O)[C@H](OC)CN(C(=O)COC)C[C@@H]2CC(C)C)nnc1-c1cccnc1. The van der Waals surface area contributed by atoms with Crippen molar-refractivity contribution in [3.8, 4) is 11.4 Å². The number of pyridine rings is 1. The van der Waals surface area contributed by atoms with Crippen LogP contribution in [-0.2, 0) is 30.3 Å². The minimum Gasteiger partial charge on any atom is -0.388 e. The van der Waals surface area contributed by atoms with Gasteiger partial charge in [-0.1, -0.05) is 25.6 Å². The summed E-state index contributed by atoms with van der Waals surface area (Å²) in [5.41, 5.74) is 0.849. The van der Waals surface area contributed by atoms with Gasteiger partial charge >= 0.3 is 0 Å². The fourth-order valence-corrected chi connectivity index (χ4v) is 6.17. The van der Waals surface area contributed by atoms with Gasteiger partial charge < -0.3 is 38.8 Å². The number of amides is 2. The molecule has 1 saturated heterocycles. The van der Waals surface area contributed by atoms with E-state index in [1.165, 1.54) is 26.0 Å². The predicted molar refractivity (Wildman–Crippen MR) is 166 cm³/mol. The molecule has 14 heteroatoms. The highest BCUT2D eigenvalue weighted by molar-refractivity contribution is 7.99. The Labute approximate surface area is 264 Å². The molecule has 0 saturated carbocycles. The molecule has 0 unspecified atom stereocenters. The van der Waals surface area contributed by atoms with E-state index in [4.69, 9.17) is 14.2 Å². The third kappa shape index (κ3) is 10.2. The van der Waals surface area contributed by atoms with E-state index in [9.17, 15) is 19.8 Å². The number of thioether (sulfide) groups is 1. The van der Waals surface area contributed by atoms with Crippen molar-refractivity contribution in [1.82, 2.24) is 29.5 Å². The molecule has 4 atom stereocenters. The van der Waals surface area contributed by atoms with Crippen LogP contribution in [0.15, 0.2) is 29.7 Å². The van der Waals surface area contributed by atoms with Gasteiger partial charge in [0.05, 0.1) is 12.4 Å². The highest BCUT2D eigenvalue weighted by atomic mass is 32.2. The number of carbonyl (C=O) groups is 2. The number of aromatic nitrogens is 4. The second-order valence-corrected chi connectivity index (χ2v) is 12.2. The van der Waals surface area contributed by atoms with E-state index in [2.05, 4.69) is 29.0 Å². The minimum absolute atomic E-state index is 0.0129. The van der Waals surface area contributed by atoms with Gasteiger partial charge in [0.2, 0.25) is 11.8 Å². The molecule has 0 aromatic carbocycles. The average molecular weight is 637 g/mol. The molecule has 3 heterocycles. The van der Waals surface area contributed by atoms with Crippen LogP contribution in [0, 0.1) is 5.92 Å². The lowest BCUT2D eigenvalue weighted by molar-refractivity contribution is -0.145. The van der Waals surface area contributed by atoms with Crippen molar-refractivity contribution in [2.45, 2.75) is 76.1 Å². The Morgan fingerprint density at radius 1 is 1.16 bits per heavy atom. The molecule has 13 nitrogen and oxygen atoms in total. The van der Waals surface area contributed by atoms with Gasteiger partial charge in [0.1, 0.15) is 24.9 Å². The number of aliphatic hydroxyl groups excluding tert-OH is 2. The van der Waals surface area contributed by atoms with Gasteiger partial charge in [-0.25, -0.2) is 0 Å². The van der Waals surface area contributed by atoms with Crippen LogP contribution < -0.4 is 0 Å². The first-order valence-corrected chi connectivity index (χ1v) is 16.2. The maximum Gasteiger partial charge on any atom is 0.248 e. The van der Waals surface area contributed by atoms with Crippen LogP contribution in [0.5, 0.6) is 0 Å². The number of ether oxygens (including phenoxy) is 3. The van der Waals surface area contributed by atoms with E-state index in [0.717, 1.165) is 5.56 Å². The van der Waals surface area contributed by atoms with Gasteiger partial charge in [0, 0.05) is 71.0 Å². The zero-order valence-electron chi connectivity index (χ0n) is 26.5. The van der Waals surface area contributed by atoms with Crippen molar-refractivity contribution in [3.63, 3.8) is 0 Å². The lowest BCUT2D eigenvalue weighted by atomic mass is 10.00. The zero-order chi connectivity index (χ0) is 32.1. The van der Waals surface area contributed by atoms with Gasteiger partial charge in [0.25, 0.3) is 0 Å². The van der Waals surface area contributed by atoms with Crippen molar-refractivity contribution in [2.75, 3.05) is 59.4 Å². The molecule has 2 amide bonds. The summed E-state index contributed by atoms with van der Waals surface area (Å²) in [6.45, 7) is 7.67. The second kappa shape index (κ2) is 18.4. The normalized spacial score (nSPS) is 22.6. The molecule has 0 aliphatic carbocycles. The molecule has 0 bridgehead atoms. The second-order valence-electron chi connectivity index (χ2n) is 11.3. The molecule has 44 heavy (non-hydrogen) atoms. The largest absolute Gasteiger partial charge is 0.388 e. The standard InChI is InChI=1S/C30H48N6O7S/c1-6-35-29(22-10-9-11-31-15-22)32-33-30(35)44-20-27(39)36-12-7-8-13-43-18-24(37)28(40)25(42-5)17-34(26(38)19-41-4)16-23(36)14-21(2)3/h9-11,15,21,23-25,28,37,40H,6-8,12-14,16-20H2,1-5H3/t23-,24+,25+,28+/m0/s1. The number of methoxy groups -OCH3 is 2. The first kappa shape index (κ1) is 35.9. The number of carbonyl (C=O) groups excluding carboxylic acids is 2. The van der Waals surface area contributed by atoms with Crippen LogP contribution in [0.4, 0.5) is 0 Å². The molecule has 2 N–H and O–H groups in total. The van der Waals surface area contributed by atoms with Crippen LogP contribution >= 0.6 is 11.8 Å². The maximum atomic E-state index is 14.0. The lowest BCUT2D eigenvalue weighted by Crippen LogP contribution is -2.54. The van der Waals surface area contributed by atoms with Crippen molar-refractivity contribution in [3.05, 3.63) is 24.5 Å². The monoisotopic (exact) mass is 636 g/mol. The van der Waals surface area contributed by atoms with Crippen LogP contribution in [-0.4, -0.2) is 135 Å². The topological polar surface area (TPSA) is 152 Å². The summed E-state index contributed by atoms with van der Waals surface area (Å²) in [6, 6.07) is 3.47. The number of rotatable bonds is 10. The van der Waals surface area contributed by atoms with Crippen molar-refractivity contribution in [1.29, 1.82) is 0 Å². The Kier molecular flexibility index (Phi) is 15.0. The molecule has 246 valence electrons. The Morgan fingerprint density at radius 2 is 1.95 bits per heavy atom. The molecule has 0 radical (unpaired) electrons. The molecule has 0 spiro atoms. The first-order chi connectivity index (χ1) is 21.2. The fourth-order valence-electron chi connectivity index (χ4n) is 5.28. The molecule has 3 rings (SSSR count). The molecular formula is C30H48N6O7S. The van der Waals surface area contributed by atoms with Crippen LogP contribution in [0.25, 0.3) is 11.4 Å². The van der Waals surface area contributed by atoms with Crippen molar-refractivity contribution >= 4 is 23.6 Å². The third-order valence-corrected chi connectivity index (χ3v) is 8.49. The van der Waals surface area contributed by atoms with E-state index >= 15 is 0 Å². The average Bonchev–Trinajstić information content (AvgIpc) is 3.43. The van der Waals surface area contributed by atoms with Crippen LogP contribution in [0.3, 0.4) is 0 Å². The van der Waals surface area contributed by atoms with Crippen LogP contribution in [0.1, 0.15) is 40.0 Å². The van der Waals surface area contributed by atoms with Gasteiger partial charge in [-0.15, -0.1) is 10.2 Å².